The molecule has 452 valence electrons. The number of carbonyl (C=O) groups is 4. The Morgan fingerprint density at radius 3 is 1.03 bits per heavy atom. The number of rotatable bonds is 17. The number of methoxy groups -OCH3 is 3. The van der Waals surface area contributed by atoms with E-state index in [1.165, 1.54) is 104 Å². The number of anilines is 4. The molecule has 0 amide bonds. The van der Waals surface area contributed by atoms with Crippen molar-refractivity contribution < 1.29 is 33.4 Å². The Kier molecular flexibility index (Phi) is 16.6. The van der Waals surface area contributed by atoms with Crippen LogP contribution in [0.25, 0.3) is 23.5 Å². The maximum atomic E-state index is 12.1. The van der Waals surface area contributed by atoms with Crippen LogP contribution >= 0.6 is 0 Å². The zero-order chi connectivity index (χ0) is 63.6. The molecule has 0 unspecified atom stereocenters. The molecule has 10 rings (SSSR count). The van der Waals surface area contributed by atoms with Crippen LogP contribution in [-0.2, 0) is 37.7 Å². The van der Waals surface area contributed by atoms with Gasteiger partial charge >= 0.3 is 17.9 Å². The van der Waals surface area contributed by atoms with Crippen LogP contribution in [0.4, 0.5) is 69.3 Å². The summed E-state index contributed by atoms with van der Waals surface area (Å²) in [7, 11) is 10.3. The predicted octanol–water partition coefficient (Wildman–Crippen LogP) is 5.24. The molecule has 0 radical (unpaired) electrons. The summed E-state index contributed by atoms with van der Waals surface area (Å²) >= 11 is 0. The second-order valence-corrected chi connectivity index (χ2v) is 18.5. The maximum Gasteiger partial charge on any atom is 0.343 e. The fourth-order valence-corrected chi connectivity index (χ4v) is 8.07. The molecule has 0 fully saturated rings. The third kappa shape index (κ3) is 11.5. The summed E-state index contributed by atoms with van der Waals surface area (Å²) in [5, 5.41) is 67.5. The van der Waals surface area contributed by atoms with Crippen molar-refractivity contribution in [2.45, 2.75) is 41.5 Å². The lowest BCUT2D eigenvalue weighted by Crippen LogP contribution is -2.14. The summed E-state index contributed by atoms with van der Waals surface area (Å²) in [6.45, 7) is 9.56. The van der Waals surface area contributed by atoms with Gasteiger partial charge in [0.05, 0.1) is 80.0 Å². The molecule has 0 aliphatic carbocycles. The Balaban J connectivity index is 0.000000210. The van der Waals surface area contributed by atoms with Crippen LogP contribution in [0.5, 0.6) is 6.01 Å². The van der Waals surface area contributed by atoms with Gasteiger partial charge in [0.2, 0.25) is 0 Å². The van der Waals surface area contributed by atoms with Gasteiger partial charge in [-0.05, 0) is 41.5 Å². The van der Waals surface area contributed by atoms with E-state index in [4.69, 9.17) is 37.1 Å². The van der Waals surface area contributed by atoms with E-state index in [9.17, 15) is 19.2 Å². The Labute approximate surface area is 494 Å². The van der Waals surface area contributed by atoms with Crippen molar-refractivity contribution in [3.8, 4) is 29.5 Å². The van der Waals surface area contributed by atoms with Crippen molar-refractivity contribution in [2.24, 2.45) is 69.1 Å². The molecule has 0 bridgehead atoms. The molecule has 0 aromatic carbocycles. The van der Waals surface area contributed by atoms with Gasteiger partial charge < -0.3 is 37.1 Å². The highest BCUT2D eigenvalue weighted by Crippen LogP contribution is 2.36. The van der Waals surface area contributed by atoms with E-state index in [-0.39, 0.29) is 98.5 Å². The fraction of sp³-hybridized carbons (Fsp3) is 0.271. The second-order valence-electron chi connectivity index (χ2n) is 18.5. The number of aryl methyl sites for hydroxylation is 8. The zero-order valence-corrected chi connectivity index (χ0v) is 49.1. The van der Waals surface area contributed by atoms with E-state index in [1.54, 1.807) is 62.0 Å². The maximum absolute atomic E-state index is 12.1. The summed E-state index contributed by atoms with van der Waals surface area (Å²) in [6, 6.07) is 1.47. The number of esters is 2. The average molecular weight is 1200 g/mol. The molecule has 8 N–H and O–H groups in total. The van der Waals surface area contributed by atoms with Gasteiger partial charge in [0, 0.05) is 34.3 Å². The molecule has 88 heavy (non-hydrogen) atoms. The van der Waals surface area contributed by atoms with Crippen molar-refractivity contribution in [3.05, 3.63) is 82.2 Å². The van der Waals surface area contributed by atoms with Crippen molar-refractivity contribution in [3.63, 3.8) is 0 Å². The molecule has 0 aliphatic heterocycles. The lowest BCUT2D eigenvalue weighted by atomic mass is 10.2. The molecule has 0 aliphatic rings. The highest BCUT2D eigenvalue weighted by atomic mass is 16.5. The van der Waals surface area contributed by atoms with E-state index in [1.807, 2.05) is 0 Å². The van der Waals surface area contributed by atoms with E-state index in [0.29, 0.717) is 56.9 Å². The standard InChI is InChI=1S/C24H27N17O5.C24H26N16O2/c1-10-14(32-34-18-12(20(42)44-5)8-27-38(18)3)16(25)40(36-10)22-29-23(31-24(30-22)46-7)41-17(26)15(11(2)37-41)33-35-19-13(21(43)45-6)9-28-39(19)4;1-11-19(31-33-23-15(13(3)41)8-29-37(23)5)21(25)39(35-11)17-7-18(28-10-27-17)40-22(26)20(12(2)36-40)32-34-24-16(14(4)42)9-30-38(24)6/h8-9H,25-26H2,1-7H3;7-10H,25-26H2,1-6H3. The summed E-state index contributed by atoms with van der Waals surface area (Å²) in [4.78, 5) is 69.5. The first-order chi connectivity index (χ1) is 42.0. The third-order valence-electron chi connectivity index (χ3n) is 12.7. The Hall–Kier alpha value is -12.5. The number of azo groups is 4. The van der Waals surface area contributed by atoms with Crippen molar-refractivity contribution in [2.75, 3.05) is 44.3 Å². The van der Waals surface area contributed by atoms with Gasteiger partial charge in [-0.15, -0.1) is 40.9 Å². The second kappa shape index (κ2) is 24.3. The van der Waals surface area contributed by atoms with Crippen LogP contribution in [0.3, 0.4) is 0 Å². The first-order valence-electron chi connectivity index (χ1n) is 25.4. The van der Waals surface area contributed by atoms with Crippen molar-refractivity contribution in [1.82, 2.24) is 103 Å². The normalized spacial score (nSPS) is 11.6. The lowest BCUT2D eigenvalue weighted by Gasteiger charge is -2.08. The summed E-state index contributed by atoms with van der Waals surface area (Å²) in [6.07, 6.45) is 6.79. The monoisotopic (exact) mass is 1200 g/mol. The lowest BCUT2D eigenvalue weighted by molar-refractivity contribution is 0.0592. The van der Waals surface area contributed by atoms with Crippen molar-refractivity contribution in [1.29, 1.82) is 0 Å². The van der Waals surface area contributed by atoms with Crippen LogP contribution in [-0.4, -0.2) is 148 Å². The molecule has 0 saturated heterocycles. The van der Waals surface area contributed by atoms with E-state index >= 15 is 0 Å². The Morgan fingerprint density at radius 2 is 0.727 bits per heavy atom. The predicted molar refractivity (Wildman–Crippen MR) is 306 cm³/mol. The number of carbonyl (C=O) groups excluding carboxylic acids is 4. The highest BCUT2D eigenvalue weighted by molar-refractivity contribution is 5.98. The van der Waals surface area contributed by atoms with E-state index in [2.05, 4.69) is 107 Å². The van der Waals surface area contributed by atoms with Gasteiger partial charge in [0.25, 0.3) is 11.9 Å². The van der Waals surface area contributed by atoms with Gasteiger partial charge in [-0.3, -0.25) is 9.59 Å². The van der Waals surface area contributed by atoms with E-state index < -0.39 is 11.9 Å². The van der Waals surface area contributed by atoms with Crippen LogP contribution in [0.2, 0.25) is 0 Å². The number of Topliss-reactive ketones (excluding diaryl/α,β-unsaturated/α-hetero) is 2. The Bertz CT molecular complexity index is 4240. The van der Waals surface area contributed by atoms with Crippen LogP contribution in [0, 0.1) is 27.7 Å². The molecule has 0 atom stereocenters. The summed E-state index contributed by atoms with van der Waals surface area (Å²) < 4.78 is 25.6. The molecule has 10 heterocycles. The number of nitrogens with two attached hydrogens (primary N) is 4. The van der Waals surface area contributed by atoms with E-state index in [0.717, 1.165) is 0 Å². The highest BCUT2D eigenvalue weighted by Gasteiger charge is 2.26. The number of nitrogen functional groups attached to an aromatic ring is 4. The molecule has 0 saturated carbocycles. The molecule has 40 heteroatoms. The van der Waals surface area contributed by atoms with Crippen LogP contribution in [0.15, 0.2) is 78.1 Å². The molecule has 10 aromatic heterocycles. The van der Waals surface area contributed by atoms with Gasteiger partial charge in [-0.2, -0.15) is 74.5 Å². The number of nitrogens with zero attached hydrogens (tertiary/aromatic N) is 29. The van der Waals surface area contributed by atoms with Crippen LogP contribution < -0.4 is 27.7 Å². The zero-order valence-electron chi connectivity index (χ0n) is 49.1. The van der Waals surface area contributed by atoms with Gasteiger partial charge in [0.1, 0.15) is 17.5 Å². The van der Waals surface area contributed by atoms with Gasteiger partial charge in [-0.25, -0.2) is 38.3 Å². The Morgan fingerprint density at radius 1 is 0.432 bits per heavy atom. The molecular formula is C48H53N33O7. The number of ketones is 2. The average Bonchev–Trinajstić information content (AvgIpc) is 2.50. The van der Waals surface area contributed by atoms with Gasteiger partial charge in [0.15, 0.2) is 92.5 Å². The largest absolute Gasteiger partial charge is 0.467 e. The summed E-state index contributed by atoms with van der Waals surface area (Å²) in [5.41, 5.74) is 29.0. The molecule has 0 spiro atoms. The SMILES string of the molecule is CC(=O)c1cnn(C)c1N=Nc1c(C)nn(-c2cc(-n3nc(C)c(N=Nc4c(C(C)=O)cnn4C)c3N)ncn2)c1N.COC(=O)c1cnn(C)c1N=Nc1c(C)nn(-c2nc(OC)nc(-n3nc(C)c(N=Nc4c(C(=O)OC)cnn4C)c3N)n2)c1N. The third-order valence-corrected chi connectivity index (χ3v) is 12.7. The molecular weight excluding hydrogens is 1150 g/mol. The minimum Gasteiger partial charge on any atom is -0.467 e. The van der Waals surface area contributed by atoms with Crippen molar-refractivity contribution >= 4 is 92.8 Å². The number of hydrogen-bond acceptors (Lipinski definition) is 32. The number of ether oxygens (including phenoxy) is 3. The number of hydrogen-bond donors (Lipinski definition) is 4. The summed E-state index contributed by atoms with van der Waals surface area (Å²) in [5.74, 6) is 0.0477. The first kappa shape index (κ1) is 60.1. The molecule has 10 aromatic rings. The minimum absolute atomic E-state index is 0.0129. The first-order valence-corrected chi connectivity index (χ1v) is 25.4. The fourth-order valence-electron chi connectivity index (χ4n) is 8.07. The smallest absolute Gasteiger partial charge is 0.343 e. The minimum atomic E-state index is -0.632. The quantitative estimate of drug-likeness (QED) is 0.0514. The van der Waals surface area contributed by atoms with Crippen LogP contribution in [0.1, 0.15) is 78.1 Å². The number of aromatic nitrogens is 21. The molecule has 40 nitrogen and oxygen atoms in total. The van der Waals surface area contributed by atoms with Gasteiger partial charge in [-0.1, -0.05) is 0 Å². The topological polar surface area (TPSA) is 506 Å².